The summed E-state index contributed by atoms with van der Waals surface area (Å²) in [7, 11) is 0. The van der Waals surface area contributed by atoms with E-state index in [0.717, 1.165) is 30.6 Å². The van der Waals surface area contributed by atoms with Crippen LogP contribution in [0.2, 0.25) is 0 Å². The Labute approximate surface area is 86.9 Å². The van der Waals surface area contributed by atoms with Gasteiger partial charge in [0.1, 0.15) is 0 Å². The van der Waals surface area contributed by atoms with E-state index in [9.17, 15) is 5.11 Å². The van der Waals surface area contributed by atoms with Crippen molar-refractivity contribution in [2.75, 3.05) is 0 Å². The second kappa shape index (κ2) is 2.98. The van der Waals surface area contributed by atoms with Crippen molar-refractivity contribution < 1.29 is 5.11 Å². The van der Waals surface area contributed by atoms with Gasteiger partial charge in [-0.1, -0.05) is 13.3 Å². The van der Waals surface area contributed by atoms with Crippen LogP contribution in [-0.4, -0.2) is 11.2 Å². The Morgan fingerprint density at radius 3 is 2.50 bits per heavy atom. The summed E-state index contributed by atoms with van der Waals surface area (Å²) in [6.07, 6.45) is 9.41. The second-order valence-corrected chi connectivity index (χ2v) is 6.33. The standard InChI is InChI=1S/C13H22O/c1-13(5-4-11(14)8-13)12-7-9-2-3-10(12)6-9/h9-12,14H,2-8H2,1H3. The number of aliphatic hydroxyl groups is 1. The monoisotopic (exact) mass is 194 g/mol. The molecule has 3 saturated carbocycles. The van der Waals surface area contributed by atoms with E-state index in [1.165, 1.54) is 32.1 Å². The number of fused-ring (bicyclic) bond motifs is 2. The molecule has 0 heterocycles. The number of hydrogen-bond acceptors (Lipinski definition) is 1. The van der Waals surface area contributed by atoms with Gasteiger partial charge in [-0.3, -0.25) is 0 Å². The quantitative estimate of drug-likeness (QED) is 0.680. The molecule has 3 aliphatic carbocycles. The lowest BCUT2D eigenvalue weighted by Gasteiger charge is -2.37. The van der Waals surface area contributed by atoms with Crippen molar-refractivity contribution in [3.8, 4) is 0 Å². The van der Waals surface area contributed by atoms with Crippen molar-refractivity contribution in [3.63, 3.8) is 0 Å². The Morgan fingerprint density at radius 2 is 2.00 bits per heavy atom. The average molecular weight is 194 g/mol. The molecule has 1 N–H and O–H groups in total. The van der Waals surface area contributed by atoms with Crippen molar-refractivity contribution in [1.82, 2.24) is 0 Å². The lowest BCUT2D eigenvalue weighted by molar-refractivity contribution is 0.0983. The van der Waals surface area contributed by atoms with Crippen LogP contribution in [0.3, 0.4) is 0 Å². The van der Waals surface area contributed by atoms with Crippen LogP contribution in [0, 0.1) is 23.2 Å². The van der Waals surface area contributed by atoms with Gasteiger partial charge in [0.2, 0.25) is 0 Å². The molecule has 0 aliphatic heterocycles. The summed E-state index contributed by atoms with van der Waals surface area (Å²) in [6, 6.07) is 0. The Hall–Kier alpha value is -0.0400. The SMILES string of the molecule is CC1(C2CC3CCC2C3)CCC(O)C1. The van der Waals surface area contributed by atoms with Gasteiger partial charge in [-0.15, -0.1) is 0 Å². The van der Waals surface area contributed by atoms with Gasteiger partial charge in [-0.05, 0) is 61.7 Å². The van der Waals surface area contributed by atoms with E-state index in [0.29, 0.717) is 5.41 Å². The third-order valence-electron chi connectivity index (χ3n) is 5.38. The van der Waals surface area contributed by atoms with Crippen LogP contribution in [0.1, 0.15) is 51.9 Å². The summed E-state index contributed by atoms with van der Waals surface area (Å²) in [5.74, 6) is 3.04. The molecular weight excluding hydrogens is 172 g/mol. The molecule has 80 valence electrons. The zero-order valence-corrected chi connectivity index (χ0v) is 9.21. The van der Waals surface area contributed by atoms with Crippen LogP contribution in [-0.2, 0) is 0 Å². The smallest absolute Gasteiger partial charge is 0.0545 e. The molecule has 2 bridgehead atoms. The summed E-state index contributed by atoms with van der Waals surface area (Å²) >= 11 is 0. The van der Waals surface area contributed by atoms with E-state index >= 15 is 0 Å². The number of hydrogen-bond donors (Lipinski definition) is 1. The van der Waals surface area contributed by atoms with Crippen molar-refractivity contribution in [2.24, 2.45) is 23.2 Å². The molecule has 3 rings (SSSR count). The first-order chi connectivity index (χ1) is 6.67. The third-order valence-corrected chi connectivity index (χ3v) is 5.38. The van der Waals surface area contributed by atoms with Gasteiger partial charge in [0, 0.05) is 0 Å². The van der Waals surface area contributed by atoms with Crippen LogP contribution in [0.4, 0.5) is 0 Å². The minimum atomic E-state index is 0.0131. The minimum absolute atomic E-state index is 0.0131. The van der Waals surface area contributed by atoms with Gasteiger partial charge in [-0.25, -0.2) is 0 Å². The molecule has 5 unspecified atom stereocenters. The van der Waals surface area contributed by atoms with Gasteiger partial charge in [0.15, 0.2) is 0 Å². The first kappa shape index (κ1) is 9.21. The van der Waals surface area contributed by atoms with Crippen LogP contribution in [0.15, 0.2) is 0 Å². The summed E-state index contributed by atoms with van der Waals surface area (Å²) < 4.78 is 0. The molecule has 0 aromatic carbocycles. The van der Waals surface area contributed by atoms with Gasteiger partial charge in [0.25, 0.3) is 0 Å². The van der Waals surface area contributed by atoms with Crippen molar-refractivity contribution in [3.05, 3.63) is 0 Å². The minimum Gasteiger partial charge on any atom is -0.393 e. The summed E-state index contributed by atoms with van der Waals surface area (Å²) in [6.45, 7) is 2.44. The topological polar surface area (TPSA) is 20.2 Å². The first-order valence-corrected chi connectivity index (χ1v) is 6.35. The highest BCUT2D eigenvalue weighted by Gasteiger charge is 2.50. The number of aliphatic hydroxyl groups excluding tert-OH is 1. The highest BCUT2D eigenvalue weighted by Crippen LogP contribution is 2.59. The predicted molar refractivity (Wildman–Crippen MR) is 56.9 cm³/mol. The Balaban J connectivity index is 1.76. The Kier molecular flexibility index (Phi) is 1.96. The second-order valence-electron chi connectivity index (χ2n) is 6.33. The van der Waals surface area contributed by atoms with Crippen LogP contribution in [0.25, 0.3) is 0 Å². The zero-order chi connectivity index (χ0) is 9.76. The van der Waals surface area contributed by atoms with Crippen LogP contribution >= 0.6 is 0 Å². The first-order valence-electron chi connectivity index (χ1n) is 6.35. The zero-order valence-electron chi connectivity index (χ0n) is 9.21. The van der Waals surface area contributed by atoms with Crippen molar-refractivity contribution in [2.45, 2.75) is 58.0 Å². The molecule has 0 aromatic rings. The Morgan fingerprint density at radius 1 is 1.14 bits per heavy atom. The molecular formula is C13H22O. The van der Waals surface area contributed by atoms with E-state index in [4.69, 9.17) is 0 Å². The van der Waals surface area contributed by atoms with E-state index < -0.39 is 0 Å². The molecule has 3 fully saturated rings. The van der Waals surface area contributed by atoms with E-state index in [1.807, 2.05) is 0 Å². The fraction of sp³-hybridized carbons (Fsp3) is 1.00. The van der Waals surface area contributed by atoms with E-state index in [1.54, 1.807) is 0 Å². The fourth-order valence-corrected chi connectivity index (χ4v) is 4.67. The molecule has 3 aliphatic rings. The molecule has 0 aromatic heterocycles. The summed E-state index contributed by atoms with van der Waals surface area (Å²) in [5, 5.41) is 9.70. The van der Waals surface area contributed by atoms with Crippen LogP contribution in [0.5, 0.6) is 0 Å². The van der Waals surface area contributed by atoms with Gasteiger partial charge in [0.05, 0.1) is 6.10 Å². The average Bonchev–Trinajstić information content (AvgIpc) is 2.80. The maximum atomic E-state index is 9.70. The molecule has 5 atom stereocenters. The molecule has 1 nitrogen and oxygen atoms in total. The fourth-order valence-electron chi connectivity index (χ4n) is 4.67. The highest BCUT2D eigenvalue weighted by atomic mass is 16.3. The summed E-state index contributed by atoms with van der Waals surface area (Å²) in [5.41, 5.74) is 0.499. The summed E-state index contributed by atoms with van der Waals surface area (Å²) in [4.78, 5) is 0. The maximum absolute atomic E-state index is 9.70. The van der Waals surface area contributed by atoms with E-state index in [-0.39, 0.29) is 6.10 Å². The lowest BCUT2D eigenvalue weighted by Crippen LogP contribution is -2.29. The molecule has 0 saturated heterocycles. The molecule has 14 heavy (non-hydrogen) atoms. The molecule has 0 spiro atoms. The Bertz CT molecular complexity index is 237. The molecule has 0 amide bonds. The molecule has 0 radical (unpaired) electrons. The largest absolute Gasteiger partial charge is 0.393 e. The van der Waals surface area contributed by atoms with Crippen molar-refractivity contribution >= 4 is 0 Å². The van der Waals surface area contributed by atoms with Gasteiger partial charge < -0.3 is 5.11 Å². The number of rotatable bonds is 1. The maximum Gasteiger partial charge on any atom is 0.0545 e. The van der Waals surface area contributed by atoms with Crippen molar-refractivity contribution in [1.29, 1.82) is 0 Å². The van der Waals surface area contributed by atoms with E-state index in [2.05, 4.69) is 6.92 Å². The normalized spacial score (nSPS) is 57.0. The predicted octanol–water partition coefficient (Wildman–Crippen LogP) is 2.97. The van der Waals surface area contributed by atoms with Gasteiger partial charge >= 0.3 is 0 Å². The third kappa shape index (κ3) is 1.25. The van der Waals surface area contributed by atoms with Gasteiger partial charge in [-0.2, -0.15) is 0 Å². The molecule has 1 heteroatoms. The van der Waals surface area contributed by atoms with Crippen LogP contribution < -0.4 is 0 Å². The highest BCUT2D eigenvalue weighted by molar-refractivity contribution is 5.00. The lowest BCUT2D eigenvalue weighted by atomic mass is 9.68.